The lowest BCUT2D eigenvalue weighted by Crippen LogP contribution is -2.44. The zero-order valence-electron chi connectivity index (χ0n) is 14.9. The molecule has 7 nitrogen and oxygen atoms in total. The summed E-state index contributed by atoms with van der Waals surface area (Å²) in [4.78, 5) is 14.0. The Morgan fingerprint density at radius 2 is 1.92 bits per heavy atom. The number of hydrogen-bond acceptors (Lipinski definition) is 7. The van der Waals surface area contributed by atoms with E-state index in [2.05, 4.69) is 27.0 Å². The van der Waals surface area contributed by atoms with Crippen LogP contribution < -0.4 is 4.90 Å². The lowest BCUT2D eigenvalue weighted by molar-refractivity contribution is -0.0891. The molecule has 0 unspecified atom stereocenters. The minimum Gasteiger partial charge on any atom is -0.365 e. The quantitative estimate of drug-likeness (QED) is 0.847. The van der Waals surface area contributed by atoms with Gasteiger partial charge in [-0.3, -0.25) is 0 Å². The summed E-state index contributed by atoms with van der Waals surface area (Å²) in [5.74, 6) is 2.05. The first kappa shape index (κ1) is 16.5. The fourth-order valence-electron chi connectivity index (χ4n) is 3.40. The third-order valence-electron chi connectivity index (χ3n) is 5.14. The van der Waals surface area contributed by atoms with Crippen molar-refractivity contribution in [3.05, 3.63) is 24.1 Å². The Kier molecular flexibility index (Phi) is 4.43. The van der Waals surface area contributed by atoms with Crippen LogP contribution in [0.15, 0.2) is 22.7 Å². The summed E-state index contributed by atoms with van der Waals surface area (Å²) in [7, 11) is 2.15. The summed E-state index contributed by atoms with van der Waals surface area (Å²) < 4.78 is 11.4. The van der Waals surface area contributed by atoms with Crippen LogP contribution in [0.1, 0.15) is 32.1 Å². The monoisotopic (exact) mass is 343 g/mol. The number of piperazine rings is 1. The van der Waals surface area contributed by atoms with Crippen LogP contribution in [-0.4, -0.2) is 59.9 Å². The first-order chi connectivity index (χ1) is 12.1. The Morgan fingerprint density at radius 1 is 1.08 bits per heavy atom. The molecule has 25 heavy (non-hydrogen) atoms. The molecule has 0 aliphatic carbocycles. The number of likely N-dealkylation sites (N-methyl/N-ethyl adjacent to an activating group) is 1. The van der Waals surface area contributed by atoms with Crippen molar-refractivity contribution in [2.75, 3.05) is 44.7 Å². The van der Waals surface area contributed by atoms with Crippen LogP contribution in [-0.2, 0) is 10.3 Å². The highest BCUT2D eigenvalue weighted by Gasteiger charge is 2.36. The predicted octanol–water partition coefficient (Wildman–Crippen LogP) is 2.30. The van der Waals surface area contributed by atoms with Crippen LogP contribution >= 0.6 is 0 Å². The van der Waals surface area contributed by atoms with Crippen molar-refractivity contribution < 1.29 is 9.26 Å². The maximum Gasteiger partial charge on any atom is 0.258 e. The second-order valence-electron chi connectivity index (χ2n) is 7.13. The van der Waals surface area contributed by atoms with Gasteiger partial charge in [0.25, 0.3) is 5.89 Å². The molecule has 4 heterocycles. The molecule has 0 N–H and O–H groups in total. The van der Waals surface area contributed by atoms with Crippen molar-refractivity contribution in [2.45, 2.75) is 31.8 Å². The molecule has 0 saturated carbocycles. The van der Waals surface area contributed by atoms with E-state index in [4.69, 9.17) is 14.2 Å². The fourth-order valence-corrected chi connectivity index (χ4v) is 3.40. The van der Waals surface area contributed by atoms with Gasteiger partial charge < -0.3 is 19.1 Å². The molecular formula is C18H25N5O2. The number of aromatic nitrogens is 3. The number of pyridine rings is 1. The maximum absolute atomic E-state index is 5.90. The second kappa shape index (κ2) is 6.72. The highest BCUT2D eigenvalue weighted by atomic mass is 16.5. The van der Waals surface area contributed by atoms with Crippen LogP contribution in [0.2, 0.25) is 0 Å². The smallest absolute Gasteiger partial charge is 0.258 e. The number of anilines is 1. The SMILES string of the molecule is CN1CCN(c2cccc(-c3noc([C@]4(C)CCCCO4)n3)n2)CC1. The minimum atomic E-state index is -0.474. The van der Waals surface area contributed by atoms with E-state index in [1.807, 2.05) is 25.1 Å². The summed E-state index contributed by atoms with van der Waals surface area (Å²) in [6, 6.07) is 5.98. The average Bonchev–Trinajstić information content (AvgIpc) is 3.14. The molecule has 0 aromatic carbocycles. The van der Waals surface area contributed by atoms with E-state index in [9.17, 15) is 0 Å². The third-order valence-corrected chi connectivity index (χ3v) is 5.14. The Bertz CT molecular complexity index is 718. The van der Waals surface area contributed by atoms with Crippen molar-refractivity contribution >= 4 is 5.82 Å². The molecule has 2 aliphatic heterocycles. The molecule has 0 amide bonds. The Balaban J connectivity index is 1.55. The topological polar surface area (TPSA) is 67.5 Å². The second-order valence-corrected chi connectivity index (χ2v) is 7.13. The molecule has 134 valence electrons. The highest BCUT2D eigenvalue weighted by Crippen LogP contribution is 2.34. The standard InChI is InChI=1S/C18H25N5O2/c1-18(8-3-4-13-24-18)17-20-16(21-25-17)14-6-5-7-15(19-14)23-11-9-22(2)10-12-23/h5-7H,3-4,8-13H2,1-2H3/t18-/m0/s1. The third kappa shape index (κ3) is 3.39. The van der Waals surface area contributed by atoms with Gasteiger partial charge in [0.05, 0.1) is 0 Å². The normalized spacial score (nSPS) is 25.3. The molecule has 1 atom stereocenters. The summed E-state index contributed by atoms with van der Waals surface area (Å²) in [6.07, 6.45) is 3.11. The maximum atomic E-state index is 5.90. The summed E-state index contributed by atoms with van der Waals surface area (Å²) in [6.45, 7) is 6.83. The Hall–Kier alpha value is -1.99. The Labute approximate surface area is 148 Å². The molecule has 2 saturated heterocycles. The molecule has 2 aromatic rings. The molecule has 2 aliphatic rings. The molecule has 2 fully saturated rings. The van der Waals surface area contributed by atoms with Gasteiger partial charge in [0.15, 0.2) is 0 Å². The molecule has 4 rings (SSSR count). The number of hydrogen-bond donors (Lipinski definition) is 0. The predicted molar refractivity (Wildman–Crippen MR) is 94.4 cm³/mol. The van der Waals surface area contributed by atoms with E-state index in [1.165, 1.54) is 0 Å². The lowest BCUT2D eigenvalue weighted by Gasteiger charge is -2.33. The van der Waals surface area contributed by atoms with Gasteiger partial charge in [-0.1, -0.05) is 11.2 Å². The molecule has 7 heteroatoms. The summed E-state index contributed by atoms with van der Waals surface area (Å²) in [5.41, 5.74) is 0.268. The Morgan fingerprint density at radius 3 is 2.68 bits per heavy atom. The number of ether oxygens (including phenoxy) is 1. The first-order valence-corrected chi connectivity index (χ1v) is 9.03. The van der Waals surface area contributed by atoms with Crippen LogP contribution in [0.5, 0.6) is 0 Å². The van der Waals surface area contributed by atoms with Gasteiger partial charge in [0, 0.05) is 32.8 Å². The van der Waals surface area contributed by atoms with Gasteiger partial charge >= 0.3 is 0 Å². The van der Waals surface area contributed by atoms with Crippen LogP contribution in [0, 0.1) is 0 Å². The van der Waals surface area contributed by atoms with E-state index in [0.717, 1.165) is 63.6 Å². The molecule has 0 bridgehead atoms. The fraction of sp³-hybridized carbons (Fsp3) is 0.611. The van der Waals surface area contributed by atoms with E-state index >= 15 is 0 Å². The van der Waals surface area contributed by atoms with Gasteiger partial charge in [0.1, 0.15) is 17.1 Å². The molecule has 0 spiro atoms. The van der Waals surface area contributed by atoms with E-state index in [1.54, 1.807) is 0 Å². The zero-order valence-corrected chi connectivity index (χ0v) is 14.9. The summed E-state index contributed by atoms with van der Waals surface area (Å²) in [5, 5.41) is 4.15. The zero-order chi connectivity index (χ0) is 17.3. The highest BCUT2D eigenvalue weighted by molar-refractivity contribution is 5.53. The average molecular weight is 343 g/mol. The van der Waals surface area contributed by atoms with Crippen molar-refractivity contribution in [1.29, 1.82) is 0 Å². The van der Waals surface area contributed by atoms with Crippen LogP contribution in [0.25, 0.3) is 11.5 Å². The number of rotatable bonds is 3. The van der Waals surface area contributed by atoms with E-state index < -0.39 is 5.60 Å². The van der Waals surface area contributed by atoms with E-state index in [0.29, 0.717) is 11.7 Å². The van der Waals surface area contributed by atoms with Crippen LogP contribution in [0.3, 0.4) is 0 Å². The molecule has 2 aromatic heterocycles. The van der Waals surface area contributed by atoms with E-state index in [-0.39, 0.29) is 0 Å². The van der Waals surface area contributed by atoms with Gasteiger partial charge in [-0.05, 0) is 45.4 Å². The minimum absolute atomic E-state index is 0.474. The van der Waals surface area contributed by atoms with Crippen LogP contribution in [0.4, 0.5) is 5.82 Å². The molecular weight excluding hydrogens is 318 g/mol. The van der Waals surface area contributed by atoms with Crippen molar-refractivity contribution in [3.8, 4) is 11.5 Å². The lowest BCUT2D eigenvalue weighted by atomic mass is 9.96. The van der Waals surface area contributed by atoms with Crippen molar-refractivity contribution in [2.24, 2.45) is 0 Å². The van der Waals surface area contributed by atoms with Gasteiger partial charge in [-0.25, -0.2) is 4.98 Å². The summed E-state index contributed by atoms with van der Waals surface area (Å²) >= 11 is 0. The number of nitrogens with zero attached hydrogens (tertiary/aromatic N) is 5. The van der Waals surface area contributed by atoms with Crippen molar-refractivity contribution in [3.63, 3.8) is 0 Å². The molecule has 0 radical (unpaired) electrons. The van der Waals surface area contributed by atoms with Gasteiger partial charge in [-0.15, -0.1) is 0 Å². The first-order valence-electron chi connectivity index (χ1n) is 9.03. The van der Waals surface area contributed by atoms with Gasteiger partial charge in [0.2, 0.25) is 5.82 Å². The largest absolute Gasteiger partial charge is 0.365 e. The van der Waals surface area contributed by atoms with Crippen molar-refractivity contribution in [1.82, 2.24) is 20.0 Å². The van der Waals surface area contributed by atoms with Gasteiger partial charge in [-0.2, -0.15) is 4.98 Å².